The highest BCUT2D eigenvalue weighted by Crippen LogP contribution is 2.36. The maximum atomic E-state index is 6.06. The third kappa shape index (κ3) is 2.91. The van der Waals surface area contributed by atoms with Crippen molar-refractivity contribution in [3.63, 3.8) is 0 Å². The van der Waals surface area contributed by atoms with Crippen LogP contribution < -0.4 is 5.46 Å². The third-order valence-corrected chi connectivity index (χ3v) is 4.58. The van der Waals surface area contributed by atoms with E-state index in [0.717, 1.165) is 11.0 Å². The van der Waals surface area contributed by atoms with Crippen molar-refractivity contribution in [1.82, 2.24) is 20.2 Å². The molecule has 1 aliphatic heterocycles. The number of rotatable bonds is 3. The Bertz CT molecular complexity index is 678. The first-order chi connectivity index (χ1) is 10.7. The first kappa shape index (κ1) is 16.1. The molecule has 0 unspecified atom stereocenters. The van der Waals surface area contributed by atoms with Crippen LogP contribution in [0, 0.1) is 0 Å². The molecule has 7 heteroatoms. The van der Waals surface area contributed by atoms with Gasteiger partial charge < -0.3 is 9.31 Å². The lowest BCUT2D eigenvalue weighted by molar-refractivity contribution is 0.00578. The van der Waals surface area contributed by atoms with E-state index in [9.17, 15) is 0 Å². The van der Waals surface area contributed by atoms with Crippen LogP contribution in [0.5, 0.6) is 0 Å². The van der Waals surface area contributed by atoms with Gasteiger partial charge in [-0.25, -0.2) is 0 Å². The molecular weight excluding hydrogens is 291 g/mol. The van der Waals surface area contributed by atoms with Crippen molar-refractivity contribution in [3.8, 4) is 11.4 Å². The Labute approximate surface area is 137 Å². The maximum Gasteiger partial charge on any atom is 0.494 e. The molecule has 0 spiro atoms. The Morgan fingerprint density at radius 3 is 2.04 bits per heavy atom. The molecule has 2 heterocycles. The van der Waals surface area contributed by atoms with Crippen molar-refractivity contribution >= 4 is 12.6 Å². The van der Waals surface area contributed by atoms with Gasteiger partial charge in [-0.2, -0.15) is 4.80 Å². The molecule has 1 aromatic heterocycles. The van der Waals surface area contributed by atoms with E-state index >= 15 is 0 Å². The van der Waals surface area contributed by atoms with Crippen molar-refractivity contribution in [1.29, 1.82) is 0 Å². The summed E-state index contributed by atoms with van der Waals surface area (Å²) in [5.41, 5.74) is 1.25. The van der Waals surface area contributed by atoms with Crippen LogP contribution in [0.1, 0.15) is 47.6 Å². The molecule has 0 aliphatic carbocycles. The highest BCUT2D eigenvalue weighted by Gasteiger charge is 2.51. The van der Waals surface area contributed by atoms with Gasteiger partial charge in [-0.3, -0.25) is 0 Å². The van der Waals surface area contributed by atoms with Crippen molar-refractivity contribution < 1.29 is 9.31 Å². The molecular formula is C16H23BN4O2. The number of aromatic nitrogens is 4. The molecule has 0 saturated carbocycles. The van der Waals surface area contributed by atoms with Crippen molar-refractivity contribution in [2.45, 2.75) is 58.8 Å². The van der Waals surface area contributed by atoms with E-state index in [4.69, 9.17) is 9.31 Å². The van der Waals surface area contributed by atoms with Crippen LogP contribution in [0.2, 0.25) is 0 Å². The van der Waals surface area contributed by atoms with Crippen LogP contribution >= 0.6 is 0 Å². The molecule has 6 nitrogen and oxygen atoms in total. The second-order valence-corrected chi connectivity index (χ2v) is 7.24. The topological polar surface area (TPSA) is 62.1 Å². The van der Waals surface area contributed by atoms with Crippen LogP contribution in [0.15, 0.2) is 24.3 Å². The minimum Gasteiger partial charge on any atom is -0.399 e. The molecule has 0 atom stereocenters. The van der Waals surface area contributed by atoms with Gasteiger partial charge in [-0.15, -0.1) is 10.2 Å². The molecule has 1 fully saturated rings. The lowest BCUT2D eigenvalue weighted by Crippen LogP contribution is -2.41. The second-order valence-electron chi connectivity index (χ2n) is 7.24. The average molecular weight is 314 g/mol. The highest BCUT2D eigenvalue weighted by molar-refractivity contribution is 6.62. The fourth-order valence-electron chi connectivity index (χ4n) is 2.33. The predicted molar refractivity (Wildman–Crippen MR) is 89.4 cm³/mol. The summed E-state index contributed by atoms with van der Waals surface area (Å²) in [4.78, 5) is 1.61. The smallest absolute Gasteiger partial charge is 0.399 e. The third-order valence-electron chi connectivity index (χ3n) is 4.58. The van der Waals surface area contributed by atoms with Gasteiger partial charge in [0.05, 0.1) is 17.2 Å². The van der Waals surface area contributed by atoms with Gasteiger partial charge in [0.25, 0.3) is 0 Å². The molecule has 0 amide bonds. The lowest BCUT2D eigenvalue weighted by atomic mass is 9.79. The Morgan fingerprint density at radius 2 is 1.57 bits per heavy atom. The number of hydrogen-bond donors (Lipinski definition) is 0. The Balaban J connectivity index is 1.80. The van der Waals surface area contributed by atoms with E-state index in [1.165, 1.54) is 0 Å². The molecule has 1 aromatic carbocycles. The molecule has 0 N–H and O–H groups in total. The van der Waals surface area contributed by atoms with Crippen LogP contribution in [0.4, 0.5) is 0 Å². The van der Waals surface area contributed by atoms with Gasteiger partial charge >= 0.3 is 7.12 Å². The zero-order valence-electron chi connectivity index (χ0n) is 14.6. The Kier molecular flexibility index (Phi) is 3.81. The van der Waals surface area contributed by atoms with E-state index in [1.807, 2.05) is 38.1 Å². The van der Waals surface area contributed by atoms with Gasteiger partial charge in [0.15, 0.2) is 0 Å². The summed E-state index contributed by atoms with van der Waals surface area (Å²) >= 11 is 0. The summed E-state index contributed by atoms with van der Waals surface area (Å²) in [7, 11) is -0.353. The number of hydrogen-bond acceptors (Lipinski definition) is 5. The van der Waals surface area contributed by atoms with E-state index in [0.29, 0.717) is 5.82 Å². The van der Waals surface area contributed by atoms with E-state index in [-0.39, 0.29) is 24.4 Å². The summed E-state index contributed by atoms with van der Waals surface area (Å²) < 4.78 is 12.1. The van der Waals surface area contributed by atoms with Gasteiger partial charge in [0, 0.05) is 5.56 Å². The number of tetrazole rings is 1. The van der Waals surface area contributed by atoms with Crippen LogP contribution in [-0.2, 0) is 9.31 Å². The summed E-state index contributed by atoms with van der Waals surface area (Å²) in [5, 5.41) is 12.5. The lowest BCUT2D eigenvalue weighted by Gasteiger charge is -2.32. The minimum atomic E-state index is -0.353. The zero-order valence-corrected chi connectivity index (χ0v) is 14.6. The van der Waals surface area contributed by atoms with Crippen LogP contribution in [-0.4, -0.2) is 38.5 Å². The van der Waals surface area contributed by atoms with Crippen molar-refractivity contribution in [3.05, 3.63) is 24.3 Å². The van der Waals surface area contributed by atoms with Crippen molar-refractivity contribution in [2.24, 2.45) is 0 Å². The zero-order chi connectivity index (χ0) is 16.8. The maximum absolute atomic E-state index is 6.06. The standard InChI is InChI=1S/C16H23BN4O2/c1-11(2)21-19-14(18-20-21)12-7-9-13(10-8-12)17-22-15(3,4)16(5,6)23-17/h7-11H,1-6H3. The normalized spacial score (nSPS) is 19.5. The summed E-state index contributed by atoms with van der Waals surface area (Å²) in [6.45, 7) is 12.2. The Morgan fingerprint density at radius 1 is 1.00 bits per heavy atom. The summed E-state index contributed by atoms with van der Waals surface area (Å²) in [5.74, 6) is 0.624. The predicted octanol–water partition coefficient (Wildman–Crippen LogP) is 2.22. The SMILES string of the molecule is CC(C)n1nnc(-c2ccc(B3OC(C)(C)C(C)(C)O3)cc2)n1. The first-order valence-electron chi connectivity index (χ1n) is 7.95. The van der Waals surface area contributed by atoms with E-state index in [2.05, 4.69) is 43.1 Å². The van der Waals surface area contributed by atoms with Gasteiger partial charge in [0.1, 0.15) is 0 Å². The fraction of sp³-hybridized carbons (Fsp3) is 0.562. The van der Waals surface area contributed by atoms with Gasteiger partial charge in [0.2, 0.25) is 5.82 Å². The molecule has 1 saturated heterocycles. The largest absolute Gasteiger partial charge is 0.494 e. The van der Waals surface area contributed by atoms with E-state index < -0.39 is 0 Å². The minimum absolute atomic E-state index is 0.195. The molecule has 0 radical (unpaired) electrons. The molecule has 2 aromatic rings. The summed E-state index contributed by atoms with van der Waals surface area (Å²) in [6, 6.07) is 8.13. The fourth-order valence-corrected chi connectivity index (χ4v) is 2.33. The quantitative estimate of drug-likeness (QED) is 0.813. The number of benzene rings is 1. The second kappa shape index (κ2) is 5.42. The van der Waals surface area contributed by atoms with Gasteiger partial charge in [-0.05, 0) is 52.2 Å². The van der Waals surface area contributed by atoms with Crippen LogP contribution in [0.3, 0.4) is 0 Å². The molecule has 1 aliphatic rings. The van der Waals surface area contributed by atoms with E-state index in [1.54, 1.807) is 4.80 Å². The summed E-state index contributed by atoms with van der Waals surface area (Å²) in [6.07, 6.45) is 0. The molecule has 3 rings (SSSR count). The van der Waals surface area contributed by atoms with Crippen molar-refractivity contribution in [2.75, 3.05) is 0 Å². The highest BCUT2D eigenvalue weighted by atomic mass is 16.7. The molecule has 0 bridgehead atoms. The average Bonchev–Trinajstić information content (AvgIpc) is 3.03. The van der Waals surface area contributed by atoms with Gasteiger partial charge in [-0.1, -0.05) is 24.3 Å². The monoisotopic (exact) mass is 314 g/mol. The molecule has 122 valence electrons. The Hall–Kier alpha value is -1.73. The van der Waals surface area contributed by atoms with Crippen LogP contribution in [0.25, 0.3) is 11.4 Å². The first-order valence-corrected chi connectivity index (χ1v) is 7.95. The number of nitrogens with zero attached hydrogens (tertiary/aromatic N) is 4. The molecule has 23 heavy (non-hydrogen) atoms.